The molecule has 1 fully saturated rings. The average Bonchev–Trinajstić information content (AvgIpc) is 3.51. The zero-order valence-electron chi connectivity index (χ0n) is 21.6. The van der Waals surface area contributed by atoms with E-state index in [0.29, 0.717) is 25.3 Å². The van der Waals surface area contributed by atoms with Crippen LogP contribution < -0.4 is 5.32 Å². The van der Waals surface area contributed by atoms with Gasteiger partial charge in [-0.25, -0.2) is 0 Å². The number of hydrogen-bond acceptors (Lipinski definition) is 2. The summed E-state index contributed by atoms with van der Waals surface area (Å²) in [6.45, 7) is 3.55. The van der Waals surface area contributed by atoms with Crippen molar-refractivity contribution in [3.63, 3.8) is 0 Å². The number of carbonyl (C=O) groups is 1. The quantitative estimate of drug-likeness (QED) is 0.244. The van der Waals surface area contributed by atoms with Crippen LogP contribution >= 0.6 is 11.6 Å². The van der Waals surface area contributed by atoms with Crippen LogP contribution in [0, 0.1) is 0 Å². The normalized spacial score (nSPS) is 18.4. The number of amides is 1. The third-order valence-corrected chi connectivity index (χ3v) is 7.77. The lowest BCUT2D eigenvalue weighted by molar-refractivity contribution is -0.137. The molecular formula is C31H30ClF3N2O2. The molecule has 1 aromatic heterocycles. The molecule has 1 N–H and O–H groups in total. The number of fused-ring (bicyclic) bond motifs is 1. The molecule has 5 rings (SSSR count). The minimum Gasteiger partial charge on any atom is -0.373 e. The van der Waals surface area contributed by atoms with Crippen LogP contribution in [0.1, 0.15) is 54.4 Å². The minimum absolute atomic E-state index is 0.0195. The molecule has 1 saturated heterocycles. The fourth-order valence-electron chi connectivity index (χ4n) is 5.37. The summed E-state index contributed by atoms with van der Waals surface area (Å²) in [5.41, 5.74) is 1.87. The number of benzene rings is 3. The Kier molecular flexibility index (Phi) is 7.74. The van der Waals surface area contributed by atoms with Crippen LogP contribution in [-0.2, 0) is 22.3 Å². The molecule has 0 spiro atoms. The zero-order valence-corrected chi connectivity index (χ0v) is 22.4. The van der Waals surface area contributed by atoms with Gasteiger partial charge in [-0.05, 0) is 54.7 Å². The van der Waals surface area contributed by atoms with Crippen LogP contribution in [0.5, 0.6) is 0 Å². The van der Waals surface area contributed by atoms with Gasteiger partial charge >= 0.3 is 6.18 Å². The molecule has 1 aliphatic rings. The van der Waals surface area contributed by atoms with Gasteiger partial charge < -0.3 is 14.6 Å². The van der Waals surface area contributed by atoms with E-state index in [2.05, 4.69) is 9.88 Å². The molecular weight excluding hydrogens is 525 g/mol. The lowest BCUT2D eigenvalue weighted by Crippen LogP contribution is -2.40. The maximum Gasteiger partial charge on any atom is 0.417 e. The molecule has 3 aromatic carbocycles. The number of nitrogens with one attached hydrogen (secondary N) is 1. The molecule has 4 aromatic rings. The number of halogens is 4. The molecule has 1 aliphatic heterocycles. The molecule has 0 radical (unpaired) electrons. The van der Waals surface area contributed by atoms with Crippen molar-refractivity contribution in [3.05, 3.63) is 106 Å². The molecule has 2 heterocycles. The molecule has 4 nitrogen and oxygen atoms in total. The Hall–Kier alpha value is -3.29. The van der Waals surface area contributed by atoms with Gasteiger partial charge in [-0.15, -0.1) is 0 Å². The van der Waals surface area contributed by atoms with Crippen LogP contribution in [0.4, 0.5) is 13.2 Å². The fourth-order valence-corrected chi connectivity index (χ4v) is 5.59. The van der Waals surface area contributed by atoms with Gasteiger partial charge in [0.15, 0.2) is 0 Å². The van der Waals surface area contributed by atoms with E-state index in [1.165, 1.54) is 6.07 Å². The molecule has 0 saturated carbocycles. The lowest BCUT2D eigenvalue weighted by atomic mass is 9.87. The van der Waals surface area contributed by atoms with E-state index < -0.39 is 23.3 Å². The molecule has 39 heavy (non-hydrogen) atoms. The highest BCUT2D eigenvalue weighted by atomic mass is 35.5. The van der Waals surface area contributed by atoms with Gasteiger partial charge in [0.25, 0.3) is 0 Å². The first kappa shape index (κ1) is 27.3. The van der Waals surface area contributed by atoms with E-state index in [-0.39, 0.29) is 17.4 Å². The maximum absolute atomic E-state index is 13.8. The van der Waals surface area contributed by atoms with E-state index >= 15 is 0 Å². The average molecular weight is 555 g/mol. The van der Waals surface area contributed by atoms with E-state index in [4.69, 9.17) is 16.3 Å². The van der Waals surface area contributed by atoms with Crippen molar-refractivity contribution in [2.75, 3.05) is 13.2 Å². The van der Waals surface area contributed by atoms with Gasteiger partial charge in [0.2, 0.25) is 5.91 Å². The Morgan fingerprint density at radius 2 is 1.85 bits per heavy atom. The summed E-state index contributed by atoms with van der Waals surface area (Å²) in [6, 6.07) is 21.6. The summed E-state index contributed by atoms with van der Waals surface area (Å²) in [6.07, 6.45) is -0.903. The largest absolute Gasteiger partial charge is 0.417 e. The van der Waals surface area contributed by atoms with Crippen molar-refractivity contribution >= 4 is 28.4 Å². The topological polar surface area (TPSA) is 43.3 Å². The summed E-state index contributed by atoms with van der Waals surface area (Å²) >= 11 is 5.95. The summed E-state index contributed by atoms with van der Waals surface area (Å²) < 4.78 is 49.3. The van der Waals surface area contributed by atoms with Crippen molar-refractivity contribution < 1.29 is 22.7 Å². The van der Waals surface area contributed by atoms with E-state index in [9.17, 15) is 18.0 Å². The number of para-hydroxylation sites is 1. The number of alkyl halides is 3. The van der Waals surface area contributed by atoms with Gasteiger partial charge in [-0.2, -0.15) is 13.2 Å². The summed E-state index contributed by atoms with van der Waals surface area (Å²) in [4.78, 5) is 13.3. The second-order valence-electron chi connectivity index (χ2n) is 10.4. The standard InChI is InChI=1S/C31H30ClF3N2O2/c1-30(14-7-15-39-30)20-36-29(38)17-24(22-12-13-27(32)26(16-22)31(33,34)35)25-19-37(18-21-8-3-2-4-9-21)28-11-6-5-10-23(25)28/h2-6,8-13,16,19,24H,7,14-15,17-18,20H2,1H3,(H,36,38)/t24-,30-/m0/s1. The van der Waals surface area contributed by atoms with E-state index in [1.807, 2.05) is 67.7 Å². The van der Waals surface area contributed by atoms with Crippen molar-refractivity contribution in [2.24, 2.45) is 0 Å². The SMILES string of the molecule is C[C@@]1(CNC(=O)C[C@@H](c2ccc(Cl)c(C(F)(F)F)c2)c2cn(Cc3ccccc3)c3ccccc23)CCCO1. The van der Waals surface area contributed by atoms with Crippen molar-refractivity contribution in [1.29, 1.82) is 0 Å². The number of carbonyl (C=O) groups excluding carboxylic acids is 1. The first-order valence-electron chi connectivity index (χ1n) is 13.0. The second kappa shape index (κ2) is 11.1. The number of aromatic nitrogens is 1. The molecule has 204 valence electrons. The van der Waals surface area contributed by atoms with Gasteiger partial charge in [-0.1, -0.05) is 66.2 Å². The molecule has 0 bridgehead atoms. The first-order chi connectivity index (χ1) is 18.6. The van der Waals surface area contributed by atoms with Crippen LogP contribution in [0.3, 0.4) is 0 Å². The van der Waals surface area contributed by atoms with Crippen LogP contribution in [-0.4, -0.2) is 29.2 Å². The Labute approximate surface area is 230 Å². The van der Waals surface area contributed by atoms with Crippen molar-refractivity contribution in [3.8, 4) is 0 Å². The highest BCUT2D eigenvalue weighted by Crippen LogP contribution is 2.40. The fraction of sp³-hybridized carbons (Fsp3) is 0.323. The monoisotopic (exact) mass is 554 g/mol. The Morgan fingerprint density at radius 3 is 2.56 bits per heavy atom. The molecule has 8 heteroatoms. The van der Waals surface area contributed by atoms with Gasteiger partial charge in [0, 0.05) is 49.1 Å². The highest BCUT2D eigenvalue weighted by molar-refractivity contribution is 6.31. The van der Waals surface area contributed by atoms with Gasteiger partial charge in [0.1, 0.15) is 0 Å². The molecule has 1 amide bonds. The van der Waals surface area contributed by atoms with E-state index in [0.717, 1.165) is 40.9 Å². The van der Waals surface area contributed by atoms with E-state index in [1.54, 1.807) is 6.07 Å². The third kappa shape index (κ3) is 6.15. The Morgan fingerprint density at radius 1 is 1.10 bits per heavy atom. The molecule has 0 aliphatic carbocycles. The summed E-state index contributed by atoms with van der Waals surface area (Å²) in [5.74, 6) is -0.872. The number of ether oxygens (including phenoxy) is 1. The highest BCUT2D eigenvalue weighted by Gasteiger charge is 2.35. The van der Waals surface area contributed by atoms with Crippen molar-refractivity contribution in [1.82, 2.24) is 9.88 Å². The lowest BCUT2D eigenvalue weighted by Gasteiger charge is -2.24. The summed E-state index contributed by atoms with van der Waals surface area (Å²) in [7, 11) is 0. The second-order valence-corrected chi connectivity index (χ2v) is 10.8. The zero-order chi connectivity index (χ0) is 27.6. The number of nitrogens with zero attached hydrogens (tertiary/aromatic N) is 1. The maximum atomic E-state index is 13.8. The van der Waals surface area contributed by atoms with Crippen LogP contribution in [0.25, 0.3) is 10.9 Å². The Balaban J connectivity index is 1.55. The van der Waals surface area contributed by atoms with Crippen molar-refractivity contribution in [2.45, 2.75) is 50.4 Å². The first-order valence-corrected chi connectivity index (χ1v) is 13.4. The van der Waals surface area contributed by atoms with Gasteiger partial charge in [-0.3, -0.25) is 4.79 Å². The Bertz CT molecular complexity index is 1460. The predicted octanol–water partition coefficient (Wildman–Crippen LogP) is 7.57. The summed E-state index contributed by atoms with van der Waals surface area (Å²) in [5, 5.41) is 3.49. The smallest absolute Gasteiger partial charge is 0.373 e. The number of hydrogen-bond donors (Lipinski definition) is 1. The molecule has 0 unspecified atom stereocenters. The van der Waals surface area contributed by atoms with Gasteiger partial charge in [0.05, 0.1) is 16.2 Å². The molecule has 2 atom stereocenters. The third-order valence-electron chi connectivity index (χ3n) is 7.44. The van der Waals surface area contributed by atoms with Crippen LogP contribution in [0.15, 0.2) is 79.0 Å². The minimum atomic E-state index is -4.62. The predicted molar refractivity (Wildman–Crippen MR) is 147 cm³/mol. The van der Waals surface area contributed by atoms with Crippen LogP contribution in [0.2, 0.25) is 5.02 Å². The number of rotatable bonds is 8.